The van der Waals surface area contributed by atoms with Gasteiger partial charge in [-0.05, 0) is 48.7 Å². The topological polar surface area (TPSA) is 78.9 Å². The number of rotatable bonds is 10. The number of halogens is 1. The fourth-order valence-electron chi connectivity index (χ4n) is 2.83. The SMILES string of the molecule is COc1ccc(CN(C(=O)Cc2ccc(Cl)cc2)[C@@H](C)C(=O)NCCCO)cc1. The lowest BCUT2D eigenvalue weighted by Gasteiger charge is -2.29. The highest BCUT2D eigenvalue weighted by atomic mass is 35.5. The standard InChI is InChI=1S/C22H27ClN2O4/c1-16(22(28)24-12-3-13-26)25(15-18-6-10-20(29-2)11-7-18)21(27)14-17-4-8-19(23)9-5-17/h4-11,16,26H,3,12-15H2,1-2H3,(H,24,28)/t16-/m0/s1. The lowest BCUT2D eigenvalue weighted by molar-refractivity contribution is -0.140. The predicted molar refractivity (Wildman–Crippen MR) is 113 cm³/mol. The van der Waals surface area contributed by atoms with Crippen LogP contribution in [0.15, 0.2) is 48.5 Å². The van der Waals surface area contributed by atoms with Crippen molar-refractivity contribution in [3.8, 4) is 5.75 Å². The molecular formula is C22H27ClN2O4. The smallest absolute Gasteiger partial charge is 0.242 e. The molecule has 0 spiro atoms. The van der Waals surface area contributed by atoms with Gasteiger partial charge in [-0.25, -0.2) is 0 Å². The second-order valence-corrected chi connectivity index (χ2v) is 7.15. The summed E-state index contributed by atoms with van der Waals surface area (Å²) in [6.07, 6.45) is 0.636. The third kappa shape index (κ3) is 7.07. The Bertz CT molecular complexity index is 793. The Labute approximate surface area is 176 Å². The molecule has 2 amide bonds. The molecular weight excluding hydrogens is 392 g/mol. The highest BCUT2D eigenvalue weighted by molar-refractivity contribution is 6.30. The summed E-state index contributed by atoms with van der Waals surface area (Å²) in [7, 11) is 1.59. The van der Waals surface area contributed by atoms with E-state index in [1.165, 1.54) is 0 Å². The van der Waals surface area contributed by atoms with Crippen LogP contribution >= 0.6 is 11.6 Å². The van der Waals surface area contributed by atoms with Crippen molar-refractivity contribution in [1.82, 2.24) is 10.2 Å². The third-order valence-electron chi connectivity index (χ3n) is 4.58. The first-order chi connectivity index (χ1) is 13.9. The highest BCUT2D eigenvalue weighted by Gasteiger charge is 2.26. The van der Waals surface area contributed by atoms with Crippen molar-refractivity contribution in [2.75, 3.05) is 20.3 Å². The molecule has 2 N–H and O–H groups in total. The number of aliphatic hydroxyl groups excluding tert-OH is 1. The number of carbonyl (C=O) groups is 2. The van der Waals surface area contributed by atoms with E-state index in [-0.39, 0.29) is 24.8 Å². The fraction of sp³-hybridized carbons (Fsp3) is 0.364. The molecule has 0 unspecified atom stereocenters. The van der Waals surface area contributed by atoms with Crippen LogP contribution in [0, 0.1) is 0 Å². The molecule has 0 radical (unpaired) electrons. The van der Waals surface area contributed by atoms with E-state index >= 15 is 0 Å². The van der Waals surface area contributed by atoms with Gasteiger partial charge < -0.3 is 20.1 Å². The van der Waals surface area contributed by atoms with Crippen LogP contribution in [0.5, 0.6) is 5.75 Å². The van der Waals surface area contributed by atoms with Gasteiger partial charge in [-0.2, -0.15) is 0 Å². The number of nitrogens with zero attached hydrogens (tertiary/aromatic N) is 1. The summed E-state index contributed by atoms with van der Waals surface area (Å²) in [4.78, 5) is 27.1. The number of benzene rings is 2. The van der Waals surface area contributed by atoms with Crippen molar-refractivity contribution >= 4 is 23.4 Å². The molecule has 7 heteroatoms. The van der Waals surface area contributed by atoms with Gasteiger partial charge in [0, 0.05) is 24.7 Å². The van der Waals surface area contributed by atoms with Gasteiger partial charge in [-0.1, -0.05) is 35.9 Å². The summed E-state index contributed by atoms with van der Waals surface area (Å²) in [5.74, 6) is 0.312. The number of hydrogen-bond donors (Lipinski definition) is 2. The number of aliphatic hydroxyl groups is 1. The summed E-state index contributed by atoms with van der Waals surface area (Å²) in [5, 5.41) is 12.3. The zero-order valence-electron chi connectivity index (χ0n) is 16.7. The van der Waals surface area contributed by atoms with Gasteiger partial charge in [-0.3, -0.25) is 9.59 Å². The first-order valence-corrected chi connectivity index (χ1v) is 9.87. The lowest BCUT2D eigenvalue weighted by Crippen LogP contribution is -2.48. The van der Waals surface area contributed by atoms with Gasteiger partial charge in [0.15, 0.2) is 0 Å². The zero-order valence-corrected chi connectivity index (χ0v) is 17.5. The van der Waals surface area contributed by atoms with Crippen molar-refractivity contribution < 1.29 is 19.4 Å². The molecule has 2 rings (SSSR count). The average molecular weight is 419 g/mol. The summed E-state index contributed by atoms with van der Waals surface area (Å²) < 4.78 is 5.17. The number of carbonyl (C=O) groups excluding carboxylic acids is 2. The molecule has 0 heterocycles. The van der Waals surface area contributed by atoms with Crippen LogP contribution in [0.1, 0.15) is 24.5 Å². The van der Waals surface area contributed by atoms with E-state index in [9.17, 15) is 9.59 Å². The number of ether oxygens (including phenoxy) is 1. The van der Waals surface area contributed by atoms with Crippen LogP contribution in [-0.4, -0.2) is 48.1 Å². The normalized spacial score (nSPS) is 11.6. The zero-order chi connectivity index (χ0) is 21.2. The molecule has 0 aliphatic carbocycles. The Morgan fingerprint density at radius 2 is 1.72 bits per heavy atom. The minimum absolute atomic E-state index is 0.000277. The Kier molecular flexibility index (Phi) is 8.96. The molecule has 0 aliphatic rings. The second-order valence-electron chi connectivity index (χ2n) is 6.72. The van der Waals surface area contributed by atoms with Gasteiger partial charge in [-0.15, -0.1) is 0 Å². The Balaban J connectivity index is 2.16. The monoisotopic (exact) mass is 418 g/mol. The van der Waals surface area contributed by atoms with E-state index in [1.54, 1.807) is 43.2 Å². The Morgan fingerprint density at radius 3 is 2.31 bits per heavy atom. The number of amides is 2. The van der Waals surface area contributed by atoms with Crippen molar-refractivity contribution in [2.45, 2.75) is 32.4 Å². The number of methoxy groups -OCH3 is 1. The molecule has 0 aromatic heterocycles. The second kappa shape index (κ2) is 11.4. The van der Waals surface area contributed by atoms with E-state index in [1.807, 2.05) is 24.3 Å². The van der Waals surface area contributed by atoms with Gasteiger partial charge in [0.2, 0.25) is 11.8 Å². The molecule has 1 atom stereocenters. The van der Waals surface area contributed by atoms with Gasteiger partial charge in [0.1, 0.15) is 11.8 Å². The predicted octanol–water partition coefficient (Wildman–Crippen LogP) is 2.81. The molecule has 156 valence electrons. The molecule has 0 saturated carbocycles. The molecule has 2 aromatic rings. The third-order valence-corrected chi connectivity index (χ3v) is 4.83. The van der Waals surface area contributed by atoms with Crippen LogP contribution in [-0.2, 0) is 22.6 Å². The Morgan fingerprint density at radius 1 is 1.10 bits per heavy atom. The van der Waals surface area contributed by atoms with Crippen molar-refractivity contribution in [2.24, 2.45) is 0 Å². The van der Waals surface area contributed by atoms with E-state index < -0.39 is 6.04 Å². The first kappa shape index (κ1) is 22.7. The number of hydrogen-bond acceptors (Lipinski definition) is 4. The fourth-order valence-corrected chi connectivity index (χ4v) is 2.95. The average Bonchev–Trinajstić information content (AvgIpc) is 2.73. The number of nitrogens with one attached hydrogen (secondary N) is 1. The van der Waals surface area contributed by atoms with Crippen LogP contribution in [0.3, 0.4) is 0 Å². The van der Waals surface area contributed by atoms with Crippen molar-refractivity contribution in [3.05, 3.63) is 64.7 Å². The molecule has 0 fully saturated rings. The summed E-state index contributed by atoms with van der Waals surface area (Å²) in [6.45, 7) is 2.36. The van der Waals surface area contributed by atoms with E-state index in [4.69, 9.17) is 21.4 Å². The van der Waals surface area contributed by atoms with Gasteiger partial charge in [0.05, 0.1) is 13.5 Å². The molecule has 0 bridgehead atoms. The maximum absolute atomic E-state index is 13.0. The molecule has 0 aliphatic heterocycles. The lowest BCUT2D eigenvalue weighted by atomic mass is 10.1. The largest absolute Gasteiger partial charge is 0.497 e. The molecule has 29 heavy (non-hydrogen) atoms. The van der Waals surface area contributed by atoms with Gasteiger partial charge >= 0.3 is 0 Å². The molecule has 2 aromatic carbocycles. The minimum atomic E-state index is -0.657. The minimum Gasteiger partial charge on any atom is -0.497 e. The van der Waals surface area contributed by atoms with Crippen LogP contribution in [0.4, 0.5) is 0 Å². The van der Waals surface area contributed by atoms with Crippen LogP contribution < -0.4 is 10.1 Å². The van der Waals surface area contributed by atoms with Crippen molar-refractivity contribution in [1.29, 1.82) is 0 Å². The molecule has 0 saturated heterocycles. The van der Waals surface area contributed by atoms with Gasteiger partial charge in [0.25, 0.3) is 0 Å². The van der Waals surface area contributed by atoms with Crippen LogP contribution in [0.2, 0.25) is 5.02 Å². The van der Waals surface area contributed by atoms with E-state index in [0.29, 0.717) is 24.5 Å². The van der Waals surface area contributed by atoms with E-state index in [2.05, 4.69) is 5.32 Å². The van der Waals surface area contributed by atoms with Crippen molar-refractivity contribution in [3.63, 3.8) is 0 Å². The molecule has 6 nitrogen and oxygen atoms in total. The van der Waals surface area contributed by atoms with E-state index in [0.717, 1.165) is 16.9 Å². The highest BCUT2D eigenvalue weighted by Crippen LogP contribution is 2.17. The van der Waals surface area contributed by atoms with Crippen LogP contribution in [0.25, 0.3) is 0 Å². The quantitative estimate of drug-likeness (QED) is 0.581. The summed E-state index contributed by atoms with van der Waals surface area (Å²) in [6, 6.07) is 13.8. The maximum atomic E-state index is 13.0. The summed E-state index contributed by atoms with van der Waals surface area (Å²) >= 11 is 5.92. The first-order valence-electron chi connectivity index (χ1n) is 9.50. The summed E-state index contributed by atoms with van der Waals surface area (Å²) in [5.41, 5.74) is 1.72. The Hall–Kier alpha value is -2.57. The maximum Gasteiger partial charge on any atom is 0.242 e.